The molecule has 0 radical (unpaired) electrons. The minimum Gasteiger partial charge on any atom is -0.482 e. The number of pyridine rings is 1. The van der Waals surface area contributed by atoms with E-state index >= 15 is 0 Å². The Morgan fingerprint density at radius 3 is 2.77 bits per heavy atom. The molecule has 1 aliphatic rings. The summed E-state index contributed by atoms with van der Waals surface area (Å²) in [6.07, 6.45) is 3.54. The zero-order chi connectivity index (χ0) is 17.9. The highest BCUT2D eigenvalue weighted by molar-refractivity contribution is 5.82. The maximum Gasteiger partial charge on any atom is 0.265 e. The highest BCUT2D eigenvalue weighted by Gasteiger charge is 2.33. The second kappa shape index (κ2) is 6.83. The first-order valence-corrected chi connectivity index (χ1v) is 8.21. The molecule has 0 aliphatic carbocycles. The summed E-state index contributed by atoms with van der Waals surface area (Å²) in [6.45, 7) is 2.10. The van der Waals surface area contributed by atoms with Gasteiger partial charge < -0.3 is 14.8 Å². The van der Waals surface area contributed by atoms with Gasteiger partial charge in [-0.1, -0.05) is 18.2 Å². The monoisotopic (exact) mass is 351 g/mol. The fourth-order valence-electron chi connectivity index (χ4n) is 2.78. The SMILES string of the molecule is C[C@@H]1Oc2ccccc2O[C@@H]1C(=O)NCc1cccnc1-n1cncn1. The van der Waals surface area contributed by atoms with Gasteiger partial charge in [-0.3, -0.25) is 4.79 Å². The van der Waals surface area contributed by atoms with Crippen molar-refractivity contribution in [1.82, 2.24) is 25.1 Å². The zero-order valence-corrected chi connectivity index (χ0v) is 14.1. The van der Waals surface area contributed by atoms with E-state index in [1.54, 1.807) is 29.3 Å². The Kier molecular flexibility index (Phi) is 4.22. The van der Waals surface area contributed by atoms with Crippen molar-refractivity contribution in [3.63, 3.8) is 0 Å². The largest absolute Gasteiger partial charge is 0.482 e. The van der Waals surface area contributed by atoms with Crippen molar-refractivity contribution in [3.8, 4) is 17.3 Å². The van der Waals surface area contributed by atoms with Gasteiger partial charge in [0.2, 0.25) is 6.10 Å². The van der Waals surface area contributed by atoms with Crippen molar-refractivity contribution in [3.05, 3.63) is 60.8 Å². The van der Waals surface area contributed by atoms with Gasteiger partial charge in [-0.05, 0) is 25.1 Å². The number of carbonyl (C=O) groups excluding carboxylic acids is 1. The van der Waals surface area contributed by atoms with E-state index in [9.17, 15) is 4.79 Å². The molecule has 3 heterocycles. The van der Waals surface area contributed by atoms with Gasteiger partial charge in [0.25, 0.3) is 5.91 Å². The number of nitrogens with zero attached hydrogens (tertiary/aromatic N) is 4. The number of rotatable bonds is 4. The highest BCUT2D eigenvalue weighted by atomic mass is 16.6. The van der Waals surface area contributed by atoms with Gasteiger partial charge in [-0.15, -0.1) is 0 Å². The molecule has 1 aromatic carbocycles. The Morgan fingerprint density at radius 2 is 2.00 bits per heavy atom. The van der Waals surface area contributed by atoms with E-state index in [0.717, 1.165) is 5.56 Å². The third kappa shape index (κ3) is 3.08. The number of carbonyl (C=O) groups is 1. The lowest BCUT2D eigenvalue weighted by atomic mass is 10.1. The molecule has 0 unspecified atom stereocenters. The standard InChI is InChI=1S/C18H17N5O3/c1-12-16(26-15-7-3-2-6-14(15)25-12)18(24)21-9-13-5-4-8-20-17(13)23-11-19-10-22-23/h2-8,10-12,16H,9H2,1H3,(H,21,24)/t12-,16-/m0/s1. The molecule has 4 rings (SSSR count). The Labute approximate surface area is 149 Å². The average Bonchev–Trinajstić information content (AvgIpc) is 3.20. The number of benzene rings is 1. The van der Waals surface area contributed by atoms with Crippen molar-refractivity contribution in [2.45, 2.75) is 25.7 Å². The minimum absolute atomic E-state index is 0.250. The summed E-state index contributed by atoms with van der Waals surface area (Å²) in [5, 5.41) is 6.97. The molecule has 2 aromatic heterocycles. The smallest absolute Gasteiger partial charge is 0.265 e. The number of para-hydroxylation sites is 2. The van der Waals surface area contributed by atoms with Crippen LogP contribution in [0, 0.1) is 0 Å². The van der Waals surface area contributed by atoms with Crippen LogP contribution in [0.15, 0.2) is 55.2 Å². The number of amides is 1. The Morgan fingerprint density at radius 1 is 1.19 bits per heavy atom. The zero-order valence-electron chi connectivity index (χ0n) is 14.1. The molecule has 1 N–H and O–H groups in total. The van der Waals surface area contributed by atoms with E-state index in [1.807, 2.05) is 31.2 Å². The third-order valence-electron chi connectivity index (χ3n) is 4.06. The quantitative estimate of drug-likeness (QED) is 0.766. The van der Waals surface area contributed by atoms with Crippen LogP contribution in [0.1, 0.15) is 12.5 Å². The van der Waals surface area contributed by atoms with Gasteiger partial charge in [0.15, 0.2) is 17.3 Å². The molecule has 8 heteroatoms. The number of aromatic nitrogens is 4. The average molecular weight is 351 g/mol. The molecule has 1 aliphatic heterocycles. The summed E-state index contributed by atoms with van der Waals surface area (Å²) in [7, 11) is 0. The molecule has 26 heavy (non-hydrogen) atoms. The van der Waals surface area contributed by atoms with Crippen molar-refractivity contribution in [1.29, 1.82) is 0 Å². The van der Waals surface area contributed by atoms with Crippen LogP contribution in [0.4, 0.5) is 0 Å². The van der Waals surface area contributed by atoms with Gasteiger partial charge >= 0.3 is 0 Å². The van der Waals surface area contributed by atoms with E-state index in [1.165, 1.54) is 6.33 Å². The molecule has 1 amide bonds. The summed E-state index contributed by atoms with van der Waals surface area (Å²) in [4.78, 5) is 20.9. The van der Waals surface area contributed by atoms with Crippen LogP contribution < -0.4 is 14.8 Å². The summed E-state index contributed by atoms with van der Waals surface area (Å²) < 4.78 is 13.2. The molecule has 8 nitrogen and oxygen atoms in total. The van der Waals surface area contributed by atoms with Crippen LogP contribution in [0.25, 0.3) is 5.82 Å². The second-order valence-corrected chi connectivity index (χ2v) is 5.85. The fourth-order valence-corrected chi connectivity index (χ4v) is 2.78. The predicted molar refractivity (Wildman–Crippen MR) is 91.9 cm³/mol. The van der Waals surface area contributed by atoms with E-state index in [4.69, 9.17) is 9.47 Å². The lowest BCUT2D eigenvalue weighted by Crippen LogP contribution is -2.48. The molecule has 3 aromatic rings. The summed E-state index contributed by atoms with van der Waals surface area (Å²) >= 11 is 0. The summed E-state index contributed by atoms with van der Waals surface area (Å²) in [6, 6.07) is 11.0. The van der Waals surface area contributed by atoms with Crippen LogP contribution in [-0.4, -0.2) is 37.9 Å². The van der Waals surface area contributed by atoms with Gasteiger partial charge in [0.1, 0.15) is 18.8 Å². The number of fused-ring (bicyclic) bond motifs is 1. The van der Waals surface area contributed by atoms with E-state index in [0.29, 0.717) is 17.3 Å². The van der Waals surface area contributed by atoms with Crippen molar-refractivity contribution < 1.29 is 14.3 Å². The Bertz CT molecular complexity index is 913. The number of hydrogen-bond donors (Lipinski definition) is 1. The van der Waals surface area contributed by atoms with Gasteiger partial charge in [-0.2, -0.15) is 5.10 Å². The summed E-state index contributed by atoms with van der Waals surface area (Å²) in [5.74, 6) is 1.57. The molecular weight excluding hydrogens is 334 g/mol. The molecule has 0 fully saturated rings. The second-order valence-electron chi connectivity index (χ2n) is 5.85. The van der Waals surface area contributed by atoms with E-state index in [-0.39, 0.29) is 12.5 Å². The van der Waals surface area contributed by atoms with Crippen LogP contribution in [0.5, 0.6) is 11.5 Å². The first kappa shape index (κ1) is 16.1. The maximum atomic E-state index is 12.6. The topological polar surface area (TPSA) is 91.2 Å². The molecule has 0 bridgehead atoms. The molecule has 132 valence electrons. The van der Waals surface area contributed by atoms with Crippen LogP contribution in [0.3, 0.4) is 0 Å². The highest BCUT2D eigenvalue weighted by Crippen LogP contribution is 2.33. The predicted octanol–water partition coefficient (Wildman–Crippen LogP) is 1.51. The van der Waals surface area contributed by atoms with Crippen LogP contribution >= 0.6 is 0 Å². The lowest BCUT2D eigenvalue weighted by Gasteiger charge is -2.31. The van der Waals surface area contributed by atoms with Crippen molar-refractivity contribution in [2.75, 3.05) is 0 Å². The third-order valence-corrected chi connectivity index (χ3v) is 4.06. The maximum absolute atomic E-state index is 12.6. The molecule has 0 spiro atoms. The number of hydrogen-bond acceptors (Lipinski definition) is 6. The van der Waals surface area contributed by atoms with Gasteiger partial charge in [0, 0.05) is 18.3 Å². The van der Waals surface area contributed by atoms with Crippen LogP contribution in [0.2, 0.25) is 0 Å². The van der Waals surface area contributed by atoms with Crippen molar-refractivity contribution in [2.24, 2.45) is 0 Å². The normalized spacial score (nSPS) is 18.3. The number of nitrogens with one attached hydrogen (secondary N) is 1. The van der Waals surface area contributed by atoms with E-state index in [2.05, 4.69) is 20.4 Å². The van der Waals surface area contributed by atoms with E-state index < -0.39 is 12.2 Å². The minimum atomic E-state index is -0.726. The van der Waals surface area contributed by atoms with Crippen molar-refractivity contribution >= 4 is 5.91 Å². The summed E-state index contributed by atoms with van der Waals surface area (Å²) in [5.41, 5.74) is 0.816. The van der Waals surface area contributed by atoms with Gasteiger partial charge in [-0.25, -0.2) is 14.6 Å². The van der Waals surface area contributed by atoms with Gasteiger partial charge in [0.05, 0.1) is 0 Å². The molecular formula is C18H17N5O3. The number of ether oxygens (including phenoxy) is 2. The Balaban J connectivity index is 1.47. The first-order chi connectivity index (χ1) is 12.7. The fraction of sp³-hybridized carbons (Fsp3) is 0.222. The molecule has 0 saturated heterocycles. The first-order valence-electron chi connectivity index (χ1n) is 8.21. The Hall–Kier alpha value is -3.42. The molecule has 2 atom stereocenters. The molecule has 0 saturated carbocycles. The van der Waals surface area contributed by atoms with Crippen LogP contribution in [-0.2, 0) is 11.3 Å². The lowest BCUT2D eigenvalue weighted by molar-refractivity contribution is -0.133.